The van der Waals surface area contributed by atoms with Crippen molar-refractivity contribution in [2.75, 3.05) is 11.6 Å². The fourth-order valence-electron chi connectivity index (χ4n) is 9.26. The number of nitrogens with zero attached hydrogens (tertiary/aromatic N) is 5. The quantitative estimate of drug-likeness (QED) is 0.0835. The number of ether oxygens (including phenoxy) is 1. The second kappa shape index (κ2) is 17.2. The van der Waals surface area contributed by atoms with Gasteiger partial charge >= 0.3 is 5.97 Å². The van der Waals surface area contributed by atoms with E-state index >= 15 is 0 Å². The molecule has 1 unspecified atom stereocenters. The summed E-state index contributed by atoms with van der Waals surface area (Å²) in [5, 5.41) is 18.5. The fraction of sp³-hybridized carbons (Fsp3) is 0.0714. The molecular weight excluding hydrogens is 835 g/mol. The Kier molecular flexibility index (Phi) is 10.5. The number of nitro benzene ring substituents is 1. The maximum Gasteiger partial charge on any atom is 0.354 e. The summed E-state index contributed by atoms with van der Waals surface area (Å²) in [7, 11) is 0. The first kappa shape index (κ1) is 40.8. The zero-order valence-electron chi connectivity index (χ0n) is 36.3. The average molecular weight is 876 g/mol. The minimum absolute atomic E-state index is 0.0565. The molecule has 0 amide bonds. The average Bonchev–Trinajstić information content (AvgIpc) is 4.24. The normalized spacial score (nSPS) is 14.0. The Morgan fingerprint density at radius 2 is 1.06 bits per heavy atom. The van der Waals surface area contributed by atoms with E-state index in [1.165, 1.54) is 12.1 Å². The van der Waals surface area contributed by atoms with Gasteiger partial charge in [0.05, 0.1) is 51.6 Å². The number of fused-ring (bicyclic) bond motifs is 8. The van der Waals surface area contributed by atoms with Gasteiger partial charge in [-0.25, -0.2) is 14.8 Å². The lowest BCUT2D eigenvalue weighted by Crippen LogP contribution is -2.19. The van der Waals surface area contributed by atoms with E-state index in [9.17, 15) is 14.9 Å². The third-order valence-electron chi connectivity index (χ3n) is 12.3. The molecule has 0 saturated carbocycles. The number of non-ortho nitro benzene ring substituents is 1. The van der Waals surface area contributed by atoms with Crippen molar-refractivity contribution >= 4 is 69.4 Å². The van der Waals surface area contributed by atoms with Crippen LogP contribution in [0.1, 0.15) is 47.7 Å². The zero-order chi connectivity index (χ0) is 45.4. The molecule has 0 spiro atoms. The van der Waals surface area contributed by atoms with Crippen molar-refractivity contribution in [2.45, 2.75) is 19.4 Å². The van der Waals surface area contributed by atoms with Crippen LogP contribution in [0.4, 0.5) is 11.4 Å². The summed E-state index contributed by atoms with van der Waals surface area (Å²) in [6.45, 7) is 1.94. The van der Waals surface area contributed by atoms with Gasteiger partial charge < -0.3 is 14.7 Å². The molecule has 5 aromatic carbocycles. The Morgan fingerprint density at radius 1 is 0.612 bits per heavy atom. The number of benzene rings is 5. The van der Waals surface area contributed by atoms with E-state index < -0.39 is 16.9 Å². The van der Waals surface area contributed by atoms with Gasteiger partial charge in [-0.2, -0.15) is 5.10 Å². The van der Waals surface area contributed by atoms with Gasteiger partial charge in [0.25, 0.3) is 5.69 Å². The maximum absolute atomic E-state index is 13.6. The highest BCUT2D eigenvalue weighted by Crippen LogP contribution is 2.44. The zero-order valence-corrected chi connectivity index (χ0v) is 36.3. The monoisotopic (exact) mass is 875 g/mol. The number of hydrazone groups is 1. The first-order chi connectivity index (χ1) is 32.9. The highest BCUT2D eigenvalue weighted by Gasteiger charge is 2.36. The SMILES string of the molecule is CCOC(=O)C1=NN(c2ccc([N+](=O)[O-])cc2)C(c2cc3[nH]c2c(-c2ccccc2)c2nc(c(-c4ccccc4)c4ccc([nH]4)c(-c4ccccc4)c4nc(c3-c3ccccc3)C=C4)C=C2)C1. The number of rotatable bonds is 9. The predicted octanol–water partition coefficient (Wildman–Crippen LogP) is 13.1. The smallest absolute Gasteiger partial charge is 0.354 e. The van der Waals surface area contributed by atoms with Gasteiger partial charge in [-0.3, -0.25) is 15.1 Å². The Labute approximate surface area is 385 Å². The van der Waals surface area contributed by atoms with Gasteiger partial charge in [0, 0.05) is 62.9 Å². The third-order valence-corrected chi connectivity index (χ3v) is 12.3. The molecule has 0 fully saturated rings. The molecule has 0 saturated heterocycles. The number of hydrogen-bond acceptors (Lipinski definition) is 8. The molecule has 67 heavy (non-hydrogen) atoms. The summed E-state index contributed by atoms with van der Waals surface area (Å²) in [5.74, 6) is -0.527. The van der Waals surface area contributed by atoms with Gasteiger partial charge in [0.15, 0.2) is 0 Å². The predicted molar refractivity (Wildman–Crippen MR) is 268 cm³/mol. The van der Waals surface area contributed by atoms with E-state index in [4.69, 9.17) is 19.8 Å². The maximum atomic E-state index is 13.6. The summed E-state index contributed by atoms with van der Waals surface area (Å²) >= 11 is 0. The Balaban J connectivity index is 1.31. The van der Waals surface area contributed by atoms with Crippen molar-refractivity contribution in [3.8, 4) is 44.5 Å². The molecule has 1 atom stereocenters. The van der Waals surface area contributed by atoms with Crippen LogP contribution in [-0.2, 0) is 9.53 Å². The van der Waals surface area contributed by atoms with E-state index in [2.05, 4.69) is 101 Å². The Hall–Kier alpha value is -8.96. The molecule has 0 radical (unpaired) electrons. The molecule has 11 nitrogen and oxygen atoms in total. The molecule has 3 aromatic heterocycles. The number of nitro groups is 1. The van der Waals surface area contributed by atoms with Crippen LogP contribution in [0.5, 0.6) is 0 Å². The fourth-order valence-corrected chi connectivity index (χ4v) is 9.26. The van der Waals surface area contributed by atoms with Crippen LogP contribution in [0.15, 0.2) is 169 Å². The lowest BCUT2D eigenvalue weighted by atomic mass is 9.96. The molecule has 11 rings (SSSR count). The van der Waals surface area contributed by atoms with Crippen LogP contribution < -0.4 is 5.01 Å². The number of nitrogens with one attached hydrogen (secondary N) is 2. The van der Waals surface area contributed by atoms with Crippen molar-refractivity contribution in [1.29, 1.82) is 0 Å². The molecule has 3 aliphatic heterocycles. The number of anilines is 1. The van der Waals surface area contributed by atoms with Crippen molar-refractivity contribution in [1.82, 2.24) is 19.9 Å². The molecule has 324 valence electrons. The second-order valence-corrected chi connectivity index (χ2v) is 16.3. The molecule has 6 heterocycles. The van der Waals surface area contributed by atoms with Crippen LogP contribution in [-0.4, -0.2) is 43.1 Å². The number of esters is 1. The van der Waals surface area contributed by atoms with Crippen molar-refractivity contribution in [3.63, 3.8) is 0 Å². The van der Waals surface area contributed by atoms with Crippen molar-refractivity contribution in [2.24, 2.45) is 5.10 Å². The number of aromatic amines is 2. The number of carbonyl (C=O) groups excluding carboxylic acids is 1. The van der Waals surface area contributed by atoms with E-state index in [-0.39, 0.29) is 24.4 Å². The van der Waals surface area contributed by atoms with Gasteiger partial charge in [-0.15, -0.1) is 0 Å². The van der Waals surface area contributed by atoms with Crippen LogP contribution in [0.3, 0.4) is 0 Å². The van der Waals surface area contributed by atoms with E-state index in [1.807, 2.05) is 72.8 Å². The largest absolute Gasteiger partial charge is 0.461 e. The van der Waals surface area contributed by atoms with Gasteiger partial charge in [0.2, 0.25) is 0 Å². The van der Waals surface area contributed by atoms with E-state index in [1.54, 1.807) is 24.1 Å². The van der Waals surface area contributed by atoms with Gasteiger partial charge in [-0.05, 0) is 83.8 Å². The van der Waals surface area contributed by atoms with Gasteiger partial charge in [-0.1, -0.05) is 121 Å². The van der Waals surface area contributed by atoms with Crippen molar-refractivity contribution < 1.29 is 14.5 Å². The third kappa shape index (κ3) is 7.57. The lowest BCUT2D eigenvalue weighted by Gasteiger charge is -2.23. The minimum Gasteiger partial charge on any atom is -0.461 e. The molecule has 8 bridgehead atoms. The van der Waals surface area contributed by atoms with Crippen molar-refractivity contribution in [3.05, 3.63) is 202 Å². The molecule has 3 aliphatic rings. The second-order valence-electron chi connectivity index (χ2n) is 16.3. The Bertz CT molecular complexity index is 3490. The molecule has 0 aliphatic carbocycles. The molecule has 2 N–H and O–H groups in total. The summed E-state index contributed by atoms with van der Waals surface area (Å²) in [5.41, 5.74) is 15.4. The molecular formula is C56H41N7O4. The summed E-state index contributed by atoms with van der Waals surface area (Å²) in [6.07, 6.45) is 8.46. The summed E-state index contributed by atoms with van der Waals surface area (Å²) in [4.78, 5) is 43.7. The van der Waals surface area contributed by atoms with Crippen LogP contribution in [0.2, 0.25) is 0 Å². The van der Waals surface area contributed by atoms with Crippen LogP contribution in [0.25, 0.3) is 90.9 Å². The number of hydrogen-bond donors (Lipinski definition) is 2. The molecule has 11 heteroatoms. The first-order valence-corrected chi connectivity index (χ1v) is 22.1. The van der Waals surface area contributed by atoms with E-state index in [0.717, 1.165) is 94.9 Å². The highest BCUT2D eigenvalue weighted by molar-refractivity contribution is 6.37. The minimum atomic E-state index is -0.571. The number of aromatic nitrogens is 4. The van der Waals surface area contributed by atoms with Gasteiger partial charge in [0.1, 0.15) is 5.71 Å². The van der Waals surface area contributed by atoms with Crippen LogP contribution >= 0.6 is 0 Å². The summed E-state index contributed by atoms with van der Waals surface area (Å²) < 4.78 is 5.53. The number of H-pyrrole nitrogens is 2. The topological polar surface area (TPSA) is 142 Å². The van der Waals surface area contributed by atoms with E-state index in [0.29, 0.717) is 5.69 Å². The molecule has 8 aromatic rings. The standard InChI is InChI=1S/C56H41N7O4/c1-2-67-56(64)49-34-50(62(61-49)39-23-25-40(26-24-39)63(65)66)41-33-48-53(37-19-11-5-12-20-37)46-30-29-44(58-46)51(35-15-7-3-8-16-35)42-27-28-43(57-42)52(36-17-9-4-10-18-36)45-31-32-47(59-45)54(55(41)60-48)38-21-13-6-14-22-38/h3-33,50,57,60H,2,34H2,1H3. The summed E-state index contributed by atoms with van der Waals surface area (Å²) in [6, 6.07) is 52.9. The first-order valence-electron chi connectivity index (χ1n) is 22.1. The highest BCUT2D eigenvalue weighted by atomic mass is 16.6. The number of carbonyl (C=O) groups is 1. The lowest BCUT2D eigenvalue weighted by molar-refractivity contribution is -0.384. The van der Waals surface area contributed by atoms with Crippen LogP contribution in [0, 0.1) is 10.1 Å². The Morgan fingerprint density at radius 3 is 1.52 bits per heavy atom.